The largest absolute Gasteiger partial charge is 0.496 e. The summed E-state index contributed by atoms with van der Waals surface area (Å²) in [5, 5.41) is 0.574. The number of methoxy groups -OCH3 is 1. The molecule has 104 valence electrons. The molecule has 2 aromatic carbocycles. The lowest BCUT2D eigenvalue weighted by Gasteiger charge is -2.13. The van der Waals surface area contributed by atoms with Crippen LogP contribution in [-0.2, 0) is 6.42 Å². The first-order valence-corrected chi connectivity index (χ1v) is 6.79. The second-order valence-electron chi connectivity index (χ2n) is 4.92. The van der Waals surface area contributed by atoms with Crippen molar-refractivity contribution in [1.29, 1.82) is 0 Å². The monoisotopic (exact) mass is 292 g/mol. The van der Waals surface area contributed by atoms with Gasteiger partial charge in [-0.15, -0.1) is 0 Å². The highest BCUT2D eigenvalue weighted by Crippen LogP contribution is 2.43. The van der Waals surface area contributed by atoms with Gasteiger partial charge in [-0.25, -0.2) is 4.39 Å². The quantitative estimate of drug-likeness (QED) is 0.812. The first-order chi connectivity index (χ1) is 9.58. The summed E-state index contributed by atoms with van der Waals surface area (Å²) in [7, 11) is 1.58. The van der Waals surface area contributed by atoms with Crippen LogP contribution in [0.25, 0.3) is 11.1 Å². The van der Waals surface area contributed by atoms with Gasteiger partial charge in [-0.2, -0.15) is 0 Å². The van der Waals surface area contributed by atoms with E-state index in [2.05, 4.69) is 0 Å². The predicted molar refractivity (Wildman–Crippen MR) is 77.2 cm³/mol. The Labute approximate surface area is 122 Å². The van der Waals surface area contributed by atoms with E-state index in [1.165, 1.54) is 12.1 Å². The summed E-state index contributed by atoms with van der Waals surface area (Å²) in [6.45, 7) is 1.97. The standard InChI is InChI=1S/C16H14ClFO2/c1-9-5-10-6-12(18)8-14(16(10)20-9)13-7-11(17)3-4-15(13)19-2/h3-4,6-9H,5H2,1-2H3. The highest BCUT2D eigenvalue weighted by molar-refractivity contribution is 6.31. The van der Waals surface area contributed by atoms with E-state index >= 15 is 0 Å². The van der Waals surface area contributed by atoms with E-state index in [9.17, 15) is 4.39 Å². The highest BCUT2D eigenvalue weighted by atomic mass is 35.5. The average molecular weight is 293 g/mol. The van der Waals surface area contributed by atoms with Gasteiger partial charge in [0.15, 0.2) is 0 Å². The van der Waals surface area contributed by atoms with Gasteiger partial charge in [0.1, 0.15) is 23.4 Å². The fourth-order valence-corrected chi connectivity index (χ4v) is 2.76. The lowest BCUT2D eigenvalue weighted by molar-refractivity contribution is 0.255. The van der Waals surface area contributed by atoms with Crippen molar-refractivity contribution >= 4 is 11.6 Å². The normalized spacial score (nSPS) is 16.7. The first kappa shape index (κ1) is 13.3. The minimum Gasteiger partial charge on any atom is -0.496 e. The summed E-state index contributed by atoms with van der Waals surface area (Å²) in [5.74, 6) is 1.09. The smallest absolute Gasteiger partial charge is 0.131 e. The number of benzene rings is 2. The second-order valence-corrected chi connectivity index (χ2v) is 5.36. The molecule has 3 rings (SSSR count). The Balaban J connectivity index is 2.23. The minimum atomic E-state index is -0.279. The third kappa shape index (κ3) is 2.22. The molecule has 2 nitrogen and oxygen atoms in total. The predicted octanol–water partition coefficient (Wildman–Crippen LogP) is 4.48. The van der Waals surface area contributed by atoms with Crippen LogP contribution in [0, 0.1) is 5.82 Å². The minimum absolute atomic E-state index is 0.0516. The fraction of sp³-hybridized carbons (Fsp3) is 0.250. The molecule has 0 saturated heterocycles. The zero-order valence-electron chi connectivity index (χ0n) is 11.2. The third-order valence-electron chi connectivity index (χ3n) is 3.41. The van der Waals surface area contributed by atoms with Crippen LogP contribution in [0.3, 0.4) is 0 Å². The number of halogens is 2. The molecule has 0 saturated carbocycles. The van der Waals surface area contributed by atoms with Crippen LogP contribution in [0.15, 0.2) is 30.3 Å². The molecule has 0 N–H and O–H groups in total. The third-order valence-corrected chi connectivity index (χ3v) is 3.64. The van der Waals surface area contributed by atoms with Crippen LogP contribution in [0.2, 0.25) is 5.02 Å². The number of hydrogen-bond donors (Lipinski definition) is 0. The van der Waals surface area contributed by atoms with Crippen LogP contribution in [0.4, 0.5) is 4.39 Å². The summed E-state index contributed by atoms with van der Waals surface area (Å²) in [4.78, 5) is 0. The molecule has 0 radical (unpaired) electrons. The molecule has 1 unspecified atom stereocenters. The van der Waals surface area contributed by atoms with Crippen molar-refractivity contribution in [2.45, 2.75) is 19.4 Å². The molecule has 1 aliphatic heterocycles. The van der Waals surface area contributed by atoms with E-state index in [-0.39, 0.29) is 11.9 Å². The van der Waals surface area contributed by atoms with Crippen molar-refractivity contribution in [3.63, 3.8) is 0 Å². The van der Waals surface area contributed by atoms with E-state index in [0.717, 1.165) is 16.9 Å². The van der Waals surface area contributed by atoms with Crippen LogP contribution < -0.4 is 9.47 Å². The molecule has 1 aliphatic rings. The molecule has 2 aromatic rings. The molecule has 1 atom stereocenters. The van der Waals surface area contributed by atoms with Gasteiger partial charge < -0.3 is 9.47 Å². The van der Waals surface area contributed by atoms with E-state index in [4.69, 9.17) is 21.1 Å². The van der Waals surface area contributed by atoms with Crippen LogP contribution >= 0.6 is 11.6 Å². The zero-order valence-corrected chi connectivity index (χ0v) is 12.0. The van der Waals surface area contributed by atoms with E-state index in [0.29, 0.717) is 22.8 Å². The molecule has 0 aromatic heterocycles. The topological polar surface area (TPSA) is 18.5 Å². The Morgan fingerprint density at radius 2 is 2.05 bits per heavy atom. The molecule has 0 spiro atoms. The first-order valence-electron chi connectivity index (χ1n) is 6.41. The van der Waals surface area contributed by atoms with Gasteiger partial charge in [-0.1, -0.05) is 11.6 Å². The van der Waals surface area contributed by atoms with Gasteiger partial charge in [0, 0.05) is 28.1 Å². The SMILES string of the molecule is COc1ccc(Cl)cc1-c1cc(F)cc2c1OC(C)C2. The Kier molecular flexibility index (Phi) is 3.30. The van der Waals surface area contributed by atoms with Gasteiger partial charge in [-0.05, 0) is 37.3 Å². The number of hydrogen-bond acceptors (Lipinski definition) is 2. The average Bonchev–Trinajstić information content (AvgIpc) is 2.77. The molecular weight excluding hydrogens is 279 g/mol. The fourth-order valence-electron chi connectivity index (χ4n) is 2.58. The van der Waals surface area contributed by atoms with E-state index in [1.54, 1.807) is 25.3 Å². The molecule has 0 aliphatic carbocycles. The maximum absolute atomic E-state index is 13.8. The summed E-state index contributed by atoms with van der Waals surface area (Å²) in [5.41, 5.74) is 2.31. The number of rotatable bonds is 2. The van der Waals surface area contributed by atoms with Crippen LogP contribution in [0.1, 0.15) is 12.5 Å². The van der Waals surface area contributed by atoms with E-state index < -0.39 is 0 Å². The Bertz CT molecular complexity index is 670. The summed E-state index contributed by atoms with van der Waals surface area (Å²) in [6, 6.07) is 8.27. The lowest BCUT2D eigenvalue weighted by Crippen LogP contribution is -2.05. The molecule has 0 fully saturated rings. The van der Waals surface area contributed by atoms with Crippen molar-refractivity contribution in [2.24, 2.45) is 0 Å². The molecule has 20 heavy (non-hydrogen) atoms. The summed E-state index contributed by atoms with van der Waals surface area (Å²) < 4.78 is 25.0. The van der Waals surface area contributed by atoms with Crippen molar-refractivity contribution in [3.05, 3.63) is 46.7 Å². The van der Waals surface area contributed by atoms with Crippen LogP contribution in [-0.4, -0.2) is 13.2 Å². The Morgan fingerprint density at radius 3 is 2.80 bits per heavy atom. The number of fused-ring (bicyclic) bond motifs is 1. The molecule has 1 heterocycles. The number of ether oxygens (including phenoxy) is 2. The summed E-state index contributed by atoms with van der Waals surface area (Å²) >= 11 is 6.05. The lowest BCUT2D eigenvalue weighted by atomic mass is 9.99. The van der Waals surface area contributed by atoms with Gasteiger partial charge in [0.25, 0.3) is 0 Å². The molecule has 0 amide bonds. The van der Waals surface area contributed by atoms with Gasteiger partial charge >= 0.3 is 0 Å². The van der Waals surface area contributed by atoms with Crippen molar-refractivity contribution in [1.82, 2.24) is 0 Å². The van der Waals surface area contributed by atoms with E-state index in [1.807, 2.05) is 6.92 Å². The van der Waals surface area contributed by atoms with Gasteiger partial charge in [-0.3, -0.25) is 0 Å². The van der Waals surface area contributed by atoms with Crippen molar-refractivity contribution < 1.29 is 13.9 Å². The molecule has 0 bridgehead atoms. The van der Waals surface area contributed by atoms with Gasteiger partial charge in [0.05, 0.1) is 7.11 Å². The Morgan fingerprint density at radius 1 is 1.25 bits per heavy atom. The molecule has 4 heteroatoms. The van der Waals surface area contributed by atoms with Crippen molar-refractivity contribution in [2.75, 3.05) is 7.11 Å². The highest BCUT2D eigenvalue weighted by Gasteiger charge is 2.25. The van der Waals surface area contributed by atoms with Crippen molar-refractivity contribution in [3.8, 4) is 22.6 Å². The second kappa shape index (κ2) is 4.98. The zero-order chi connectivity index (χ0) is 14.3. The van der Waals surface area contributed by atoms with Gasteiger partial charge in [0.2, 0.25) is 0 Å². The Hall–Kier alpha value is -1.74. The van der Waals surface area contributed by atoms with Crippen LogP contribution in [0.5, 0.6) is 11.5 Å². The maximum atomic E-state index is 13.8. The summed E-state index contributed by atoms with van der Waals surface area (Å²) in [6.07, 6.45) is 0.763. The molecular formula is C16H14ClFO2. The maximum Gasteiger partial charge on any atom is 0.131 e.